The summed E-state index contributed by atoms with van der Waals surface area (Å²) in [6.45, 7) is 9.06. The molecule has 0 spiro atoms. The largest absolute Gasteiger partial charge is 0.389 e. The van der Waals surface area contributed by atoms with Gasteiger partial charge in [-0.2, -0.15) is 0 Å². The summed E-state index contributed by atoms with van der Waals surface area (Å²) in [5, 5.41) is 9.82. The minimum atomic E-state index is -0.685. The molecular formula is C15H27N5O. The normalized spacial score (nSPS) is 17.5. The lowest BCUT2D eigenvalue weighted by molar-refractivity contribution is 0.0424. The Labute approximate surface area is 127 Å². The summed E-state index contributed by atoms with van der Waals surface area (Å²) in [5.74, 6) is 0.817. The Kier molecular flexibility index (Phi) is 5.13. The lowest BCUT2D eigenvalue weighted by Crippen LogP contribution is -2.45. The smallest absolute Gasteiger partial charge is 0.225 e. The van der Waals surface area contributed by atoms with Gasteiger partial charge in [0.05, 0.1) is 5.60 Å². The molecule has 6 heteroatoms. The number of aromatic nitrogens is 2. The summed E-state index contributed by atoms with van der Waals surface area (Å²) in [6, 6.07) is 0. The van der Waals surface area contributed by atoms with Crippen molar-refractivity contribution in [1.82, 2.24) is 19.8 Å². The van der Waals surface area contributed by atoms with Gasteiger partial charge in [-0.1, -0.05) is 0 Å². The zero-order chi connectivity index (χ0) is 15.5. The number of rotatable bonds is 5. The number of hydrogen-bond acceptors (Lipinski definition) is 6. The second kappa shape index (κ2) is 6.68. The van der Waals surface area contributed by atoms with Gasteiger partial charge in [0.2, 0.25) is 5.95 Å². The van der Waals surface area contributed by atoms with Crippen LogP contribution in [0.3, 0.4) is 0 Å². The topological polar surface area (TPSA) is 55.7 Å². The molecule has 21 heavy (non-hydrogen) atoms. The van der Waals surface area contributed by atoms with Gasteiger partial charge < -0.3 is 14.9 Å². The van der Waals surface area contributed by atoms with Gasteiger partial charge in [-0.3, -0.25) is 4.90 Å². The fourth-order valence-corrected chi connectivity index (χ4v) is 2.63. The number of anilines is 1. The van der Waals surface area contributed by atoms with Crippen molar-refractivity contribution in [2.75, 3.05) is 51.7 Å². The quantitative estimate of drug-likeness (QED) is 0.850. The molecule has 1 aliphatic rings. The molecule has 1 aromatic heterocycles. The zero-order valence-electron chi connectivity index (χ0n) is 13.6. The second-order valence-electron chi connectivity index (χ2n) is 6.67. The lowest BCUT2D eigenvalue weighted by atomic mass is 10.1. The van der Waals surface area contributed by atoms with Gasteiger partial charge in [-0.15, -0.1) is 0 Å². The van der Waals surface area contributed by atoms with Gasteiger partial charge in [0.15, 0.2) is 0 Å². The summed E-state index contributed by atoms with van der Waals surface area (Å²) in [4.78, 5) is 15.6. The fraction of sp³-hybridized carbons (Fsp3) is 0.733. The van der Waals surface area contributed by atoms with Crippen LogP contribution in [0.4, 0.5) is 5.95 Å². The van der Waals surface area contributed by atoms with Crippen molar-refractivity contribution >= 4 is 5.95 Å². The van der Waals surface area contributed by atoms with Crippen molar-refractivity contribution in [1.29, 1.82) is 0 Å². The number of nitrogens with zero attached hydrogens (tertiary/aromatic N) is 5. The van der Waals surface area contributed by atoms with Crippen molar-refractivity contribution in [2.45, 2.75) is 26.0 Å². The molecule has 0 atom stereocenters. The minimum absolute atomic E-state index is 0.618. The standard InChI is InChI=1S/C15H27N5O/c1-15(2,21)12-19(4)11-13-9-16-14(17-10-13)20-7-5-18(3)6-8-20/h9-10,21H,5-8,11-12H2,1-4H3. The van der Waals surface area contributed by atoms with E-state index in [0.717, 1.165) is 44.2 Å². The van der Waals surface area contributed by atoms with E-state index in [4.69, 9.17) is 0 Å². The molecule has 1 N–H and O–H groups in total. The highest BCUT2D eigenvalue weighted by molar-refractivity contribution is 5.30. The average Bonchev–Trinajstić information content (AvgIpc) is 2.38. The molecule has 1 aliphatic heterocycles. The van der Waals surface area contributed by atoms with E-state index in [9.17, 15) is 5.11 Å². The lowest BCUT2D eigenvalue weighted by Gasteiger charge is -2.32. The third-order valence-corrected chi connectivity index (χ3v) is 3.59. The van der Waals surface area contributed by atoms with E-state index >= 15 is 0 Å². The SMILES string of the molecule is CN1CCN(c2ncc(CN(C)CC(C)(C)O)cn2)CC1. The second-order valence-corrected chi connectivity index (χ2v) is 6.67. The highest BCUT2D eigenvalue weighted by Gasteiger charge is 2.17. The van der Waals surface area contributed by atoms with Gasteiger partial charge in [-0.05, 0) is 27.9 Å². The Hall–Kier alpha value is -1.24. The first-order valence-electron chi connectivity index (χ1n) is 7.49. The maximum atomic E-state index is 9.82. The van der Waals surface area contributed by atoms with Crippen LogP contribution in [0.25, 0.3) is 0 Å². The van der Waals surface area contributed by atoms with Gasteiger partial charge in [0, 0.05) is 57.2 Å². The van der Waals surface area contributed by atoms with Gasteiger partial charge in [-0.25, -0.2) is 9.97 Å². The van der Waals surface area contributed by atoms with E-state index in [1.165, 1.54) is 0 Å². The Balaban J connectivity index is 1.90. The third kappa shape index (κ3) is 5.22. The molecule has 0 unspecified atom stereocenters. The highest BCUT2D eigenvalue weighted by Crippen LogP contribution is 2.12. The maximum Gasteiger partial charge on any atom is 0.225 e. The van der Waals surface area contributed by atoms with Crippen molar-refractivity contribution in [3.05, 3.63) is 18.0 Å². The summed E-state index contributed by atoms with van der Waals surface area (Å²) in [6.07, 6.45) is 3.78. The predicted octanol–water partition coefficient (Wildman–Crippen LogP) is 0.431. The number of piperazine rings is 1. The Bertz CT molecular complexity index is 434. The zero-order valence-corrected chi connectivity index (χ0v) is 13.6. The molecule has 2 rings (SSSR count). The van der Waals surface area contributed by atoms with Crippen LogP contribution >= 0.6 is 0 Å². The first kappa shape index (κ1) is 16.1. The first-order chi connectivity index (χ1) is 9.83. The first-order valence-corrected chi connectivity index (χ1v) is 7.49. The van der Waals surface area contributed by atoms with Crippen LogP contribution in [0.2, 0.25) is 0 Å². The number of aliphatic hydroxyl groups is 1. The van der Waals surface area contributed by atoms with Crippen LogP contribution in [0.1, 0.15) is 19.4 Å². The van der Waals surface area contributed by atoms with Crippen LogP contribution < -0.4 is 4.90 Å². The molecule has 0 aromatic carbocycles. The average molecular weight is 293 g/mol. The Morgan fingerprint density at radius 3 is 2.29 bits per heavy atom. The van der Waals surface area contributed by atoms with Crippen molar-refractivity contribution in [3.63, 3.8) is 0 Å². The van der Waals surface area contributed by atoms with E-state index in [2.05, 4.69) is 31.7 Å². The summed E-state index contributed by atoms with van der Waals surface area (Å²) in [7, 11) is 4.13. The highest BCUT2D eigenvalue weighted by atomic mass is 16.3. The van der Waals surface area contributed by atoms with E-state index in [1.54, 1.807) is 0 Å². The summed E-state index contributed by atoms with van der Waals surface area (Å²) in [5.41, 5.74) is 0.384. The third-order valence-electron chi connectivity index (χ3n) is 3.59. The predicted molar refractivity (Wildman–Crippen MR) is 84.4 cm³/mol. The van der Waals surface area contributed by atoms with Gasteiger partial charge >= 0.3 is 0 Å². The summed E-state index contributed by atoms with van der Waals surface area (Å²) < 4.78 is 0. The molecule has 118 valence electrons. The van der Waals surface area contributed by atoms with E-state index in [1.807, 2.05) is 33.3 Å². The van der Waals surface area contributed by atoms with Crippen molar-refractivity contribution in [2.24, 2.45) is 0 Å². The van der Waals surface area contributed by atoms with Crippen molar-refractivity contribution in [3.8, 4) is 0 Å². The molecular weight excluding hydrogens is 266 g/mol. The molecule has 0 radical (unpaired) electrons. The van der Waals surface area contributed by atoms with Crippen LogP contribution in [0, 0.1) is 0 Å². The van der Waals surface area contributed by atoms with Crippen LogP contribution in [-0.2, 0) is 6.54 Å². The molecule has 1 saturated heterocycles. The van der Waals surface area contributed by atoms with Crippen LogP contribution in [0.15, 0.2) is 12.4 Å². The summed E-state index contributed by atoms with van der Waals surface area (Å²) >= 11 is 0. The molecule has 6 nitrogen and oxygen atoms in total. The maximum absolute atomic E-state index is 9.82. The molecule has 0 amide bonds. The van der Waals surface area contributed by atoms with Gasteiger partial charge in [0.25, 0.3) is 0 Å². The van der Waals surface area contributed by atoms with E-state index in [0.29, 0.717) is 6.54 Å². The fourth-order valence-electron chi connectivity index (χ4n) is 2.63. The van der Waals surface area contributed by atoms with Crippen molar-refractivity contribution < 1.29 is 5.11 Å². The van der Waals surface area contributed by atoms with Crippen LogP contribution in [-0.4, -0.2) is 77.3 Å². The van der Waals surface area contributed by atoms with Gasteiger partial charge in [0.1, 0.15) is 0 Å². The molecule has 0 aliphatic carbocycles. The van der Waals surface area contributed by atoms with E-state index in [-0.39, 0.29) is 0 Å². The Morgan fingerprint density at radius 2 is 1.76 bits per heavy atom. The molecule has 0 saturated carbocycles. The number of hydrogen-bond donors (Lipinski definition) is 1. The minimum Gasteiger partial charge on any atom is -0.389 e. The van der Waals surface area contributed by atoms with Crippen LogP contribution in [0.5, 0.6) is 0 Å². The molecule has 1 aromatic rings. The Morgan fingerprint density at radius 1 is 1.19 bits per heavy atom. The number of likely N-dealkylation sites (N-methyl/N-ethyl adjacent to an activating group) is 2. The molecule has 2 heterocycles. The molecule has 0 bridgehead atoms. The van der Waals surface area contributed by atoms with E-state index < -0.39 is 5.60 Å². The monoisotopic (exact) mass is 293 g/mol. The molecule has 1 fully saturated rings.